The van der Waals surface area contributed by atoms with Crippen molar-refractivity contribution < 1.29 is 9.53 Å². The van der Waals surface area contributed by atoms with Crippen LogP contribution in [0.25, 0.3) is 0 Å². The maximum atomic E-state index is 12.5. The van der Waals surface area contributed by atoms with Crippen LogP contribution in [0.5, 0.6) is 0 Å². The highest BCUT2D eigenvalue weighted by Gasteiger charge is 2.54. The van der Waals surface area contributed by atoms with Gasteiger partial charge < -0.3 is 4.74 Å². The van der Waals surface area contributed by atoms with Gasteiger partial charge in [-0.3, -0.25) is 4.79 Å². The van der Waals surface area contributed by atoms with Crippen molar-refractivity contribution in [3.05, 3.63) is 23.8 Å². The standard InChI is InChI=1S/C16H24O2/c1-11-6-7-13-15(2,3)9-8-14(17)16(13,4)12(11)10-18-5/h6,8-9,12-13H,7,10H2,1-5H3/t12-,13-,16-/m0/s1. The monoisotopic (exact) mass is 248 g/mol. The molecule has 0 saturated carbocycles. The first-order chi connectivity index (χ1) is 8.34. The van der Waals surface area contributed by atoms with Gasteiger partial charge in [0.1, 0.15) is 0 Å². The number of carbonyl (C=O) groups is 1. The normalized spacial score (nSPS) is 38.3. The molecule has 0 amide bonds. The van der Waals surface area contributed by atoms with Gasteiger partial charge in [-0.05, 0) is 30.8 Å². The molecule has 2 nitrogen and oxygen atoms in total. The first-order valence-corrected chi connectivity index (χ1v) is 6.73. The molecule has 0 saturated heterocycles. The quantitative estimate of drug-likeness (QED) is 0.700. The Balaban J connectivity index is 2.51. The summed E-state index contributed by atoms with van der Waals surface area (Å²) in [6.45, 7) is 9.36. The maximum Gasteiger partial charge on any atom is 0.162 e. The minimum atomic E-state index is -0.312. The summed E-state index contributed by atoms with van der Waals surface area (Å²) in [6.07, 6.45) is 7.16. The van der Waals surface area contributed by atoms with Crippen molar-refractivity contribution in [2.75, 3.05) is 13.7 Å². The van der Waals surface area contributed by atoms with Crippen LogP contribution in [0.15, 0.2) is 23.8 Å². The Morgan fingerprint density at radius 1 is 1.39 bits per heavy atom. The number of carbonyl (C=O) groups excluding carboxylic acids is 1. The molecule has 3 atom stereocenters. The van der Waals surface area contributed by atoms with Crippen LogP contribution in [0, 0.1) is 22.7 Å². The molecule has 0 radical (unpaired) electrons. The van der Waals surface area contributed by atoms with Gasteiger partial charge in [0, 0.05) is 18.4 Å². The number of allylic oxidation sites excluding steroid dienone is 3. The summed E-state index contributed by atoms with van der Waals surface area (Å²) < 4.78 is 5.37. The van der Waals surface area contributed by atoms with E-state index in [0.29, 0.717) is 12.5 Å². The third-order valence-corrected chi connectivity index (χ3v) is 5.10. The van der Waals surface area contributed by atoms with Gasteiger partial charge in [0.25, 0.3) is 0 Å². The average Bonchev–Trinajstić information content (AvgIpc) is 2.29. The lowest BCUT2D eigenvalue weighted by atomic mass is 9.50. The summed E-state index contributed by atoms with van der Waals surface area (Å²) in [5.41, 5.74) is 1.06. The SMILES string of the molecule is COC[C@H]1C(C)=CC[C@H]2C(C)(C)C=CC(=O)[C@@]12C. The Hall–Kier alpha value is -0.890. The van der Waals surface area contributed by atoms with E-state index in [-0.39, 0.29) is 22.5 Å². The minimum absolute atomic E-state index is 0.0752. The molecule has 100 valence electrons. The average molecular weight is 248 g/mol. The van der Waals surface area contributed by atoms with Gasteiger partial charge in [-0.1, -0.05) is 38.5 Å². The van der Waals surface area contributed by atoms with Crippen molar-refractivity contribution in [1.29, 1.82) is 0 Å². The molecule has 0 fully saturated rings. The van der Waals surface area contributed by atoms with E-state index < -0.39 is 0 Å². The van der Waals surface area contributed by atoms with Crippen LogP contribution in [-0.2, 0) is 9.53 Å². The van der Waals surface area contributed by atoms with Gasteiger partial charge in [0.15, 0.2) is 5.78 Å². The molecule has 0 aliphatic heterocycles. The van der Waals surface area contributed by atoms with Gasteiger partial charge in [-0.25, -0.2) is 0 Å². The predicted molar refractivity (Wildman–Crippen MR) is 73.3 cm³/mol. The maximum absolute atomic E-state index is 12.5. The molecule has 0 bridgehead atoms. The molecule has 18 heavy (non-hydrogen) atoms. The molecule has 0 spiro atoms. The number of ether oxygens (including phenoxy) is 1. The molecule has 0 unspecified atom stereocenters. The van der Waals surface area contributed by atoms with Gasteiger partial charge in [-0.15, -0.1) is 0 Å². The second-order valence-corrected chi connectivity index (χ2v) is 6.55. The van der Waals surface area contributed by atoms with E-state index >= 15 is 0 Å². The van der Waals surface area contributed by atoms with Gasteiger partial charge in [0.2, 0.25) is 0 Å². The van der Waals surface area contributed by atoms with Crippen LogP contribution >= 0.6 is 0 Å². The lowest BCUT2D eigenvalue weighted by Gasteiger charge is -2.52. The lowest BCUT2D eigenvalue weighted by Crippen LogP contribution is -2.52. The smallest absolute Gasteiger partial charge is 0.162 e. The Morgan fingerprint density at radius 2 is 2.06 bits per heavy atom. The van der Waals surface area contributed by atoms with E-state index in [0.717, 1.165) is 6.42 Å². The molecule has 2 rings (SSSR count). The third kappa shape index (κ3) is 1.78. The number of ketones is 1. The summed E-state index contributed by atoms with van der Waals surface area (Å²) >= 11 is 0. The zero-order valence-corrected chi connectivity index (χ0v) is 12.1. The van der Waals surface area contributed by atoms with E-state index in [1.807, 2.05) is 0 Å². The van der Waals surface area contributed by atoms with E-state index in [4.69, 9.17) is 4.74 Å². The Kier molecular flexibility index (Phi) is 3.26. The first kappa shape index (κ1) is 13.5. The highest BCUT2D eigenvalue weighted by molar-refractivity contribution is 5.96. The molecule has 0 N–H and O–H groups in total. The molecule has 0 aromatic rings. The predicted octanol–water partition coefficient (Wildman–Crippen LogP) is 3.39. The van der Waals surface area contributed by atoms with Crippen LogP contribution < -0.4 is 0 Å². The molecule has 0 heterocycles. The van der Waals surface area contributed by atoms with Crippen LogP contribution in [-0.4, -0.2) is 19.5 Å². The molecular formula is C16H24O2. The zero-order chi connectivity index (χ0) is 13.6. The van der Waals surface area contributed by atoms with Crippen molar-refractivity contribution in [3.63, 3.8) is 0 Å². The fourth-order valence-electron chi connectivity index (χ4n) is 3.88. The van der Waals surface area contributed by atoms with E-state index in [1.54, 1.807) is 13.2 Å². The van der Waals surface area contributed by atoms with Crippen LogP contribution in [0.4, 0.5) is 0 Å². The molecule has 2 aliphatic rings. The first-order valence-electron chi connectivity index (χ1n) is 6.73. The second kappa shape index (κ2) is 4.34. The van der Waals surface area contributed by atoms with Gasteiger partial charge in [-0.2, -0.15) is 0 Å². The van der Waals surface area contributed by atoms with E-state index in [1.165, 1.54) is 5.57 Å². The summed E-state index contributed by atoms with van der Waals surface area (Å²) in [7, 11) is 1.72. The Labute approximate surface area is 110 Å². The summed E-state index contributed by atoms with van der Waals surface area (Å²) in [5, 5.41) is 0. The molecule has 0 aromatic heterocycles. The molecule has 2 aliphatic carbocycles. The second-order valence-electron chi connectivity index (χ2n) is 6.55. The lowest BCUT2D eigenvalue weighted by molar-refractivity contribution is -0.135. The van der Waals surface area contributed by atoms with E-state index in [2.05, 4.69) is 39.8 Å². The summed E-state index contributed by atoms with van der Waals surface area (Å²) in [4.78, 5) is 12.5. The highest BCUT2D eigenvalue weighted by Crippen LogP contribution is 2.55. The van der Waals surface area contributed by atoms with Crippen LogP contribution in [0.3, 0.4) is 0 Å². The highest BCUT2D eigenvalue weighted by atomic mass is 16.5. The largest absolute Gasteiger partial charge is 0.384 e. The fourth-order valence-corrected chi connectivity index (χ4v) is 3.88. The topological polar surface area (TPSA) is 26.3 Å². The van der Waals surface area contributed by atoms with Gasteiger partial charge >= 0.3 is 0 Å². The Bertz CT molecular complexity index is 417. The van der Waals surface area contributed by atoms with Crippen LogP contribution in [0.2, 0.25) is 0 Å². The summed E-state index contributed by atoms with van der Waals surface area (Å²) in [6, 6.07) is 0. The fraction of sp³-hybridized carbons (Fsp3) is 0.688. The number of hydrogen-bond donors (Lipinski definition) is 0. The minimum Gasteiger partial charge on any atom is -0.384 e. The molecule has 0 aromatic carbocycles. The van der Waals surface area contributed by atoms with Gasteiger partial charge in [0.05, 0.1) is 6.61 Å². The number of rotatable bonds is 2. The number of hydrogen-bond acceptors (Lipinski definition) is 2. The van der Waals surface area contributed by atoms with E-state index in [9.17, 15) is 4.79 Å². The zero-order valence-electron chi connectivity index (χ0n) is 12.1. The van der Waals surface area contributed by atoms with Crippen molar-refractivity contribution in [1.82, 2.24) is 0 Å². The molecule has 2 heteroatoms. The number of methoxy groups -OCH3 is 1. The van der Waals surface area contributed by atoms with Crippen molar-refractivity contribution in [2.45, 2.75) is 34.1 Å². The van der Waals surface area contributed by atoms with Crippen molar-refractivity contribution in [2.24, 2.45) is 22.7 Å². The van der Waals surface area contributed by atoms with Crippen LogP contribution in [0.1, 0.15) is 34.1 Å². The van der Waals surface area contributed by atoms with Crippen molar-refractivity contribution >= 4 is 5.78 Å². The number of fused-ring (bicyclic) bond motifs is 1. The third-order valence-electron chi connectivity index (χ3n) is 5.10. The molecular weight excluding hydrogens is 224 g/mol. The van der Waals surface area contributed by atoms with Crippen molar-refractivity contribution in [3.8, 4) is 0 Å². The summed E-state index contributed by atoms with van der Waals surface area (Å²) in [5.74, 6) is 0.839. The Morgan fingerprint density at radius 3 is 2.67 bits per heavy atom.